The summed E-state index contributed by atoms with van der Waals surface area (Å²) in [6.07, 6.45) is 2.67. The van der Waals surface area contributed by atoms with E-state index in [9.17, 15) is 0 Å². The van der Waals surface area contributed by atoms with Gasteiger partial charge in [-0.25, -0.2) is 4.98 Å². The first kappa shape index (κ1) is 10.4. The van der Waals surface area contributed by atoms with Crippen LogP contribution in [0.5, 0.6) is 0 Å². The van der Waals surface area contributed by atoms with Gasteiger partial charge in [-0.2, -0.15) is 0 Å². The smallest absolute Gasteiger partial charge is 0.123 e. The first-order valence-electron chi connectivity index (χ1n) is 5.68. The van der Waals surface area contributed by atoms with Gasteiger partial charge in [0.25, 0.3) is 0 Å². The molecule has 0 spiro atoms. The van der Waals surface area contributed by atoms with E-state index < -0.39 is 0 Å². The molecule has 0 amide bonds. The van der Waals surface area contributed by atoms with Gasteiger partial charge in [0.05, 0.1) is 5.69 Å². The Labute approximate surface area is 91.3 Å². The molecule has 0 aliphatic carbocycles. The third-order valence-corrected chi connectivity index (χ3v) is 2.96. The Kier molecular flexibility index (Phi) is 3.21. The van der Waals surface area contributed by atoms with Crippen LogP contribution in [-0.4, -0.2) is 23.0 Å². The van der Waals surface area contributed by atoms with Crippen LogP contribution >= 0.6 is 0 Å². The topological polar surface area (TPSA) is 42.1 Å². The van der Waals surface area contributed by atoms with Crippen molar-refractivity contribution in [2.45, 2.75) is 26.3 Å². The standard InChI is InChI=1S/C12H19N3/c1-10-4-3-7-15(8-10)9-11-5-2-6-12(13)14-11/h2,5-6,10H,3-4,7-9H2,1H3,(H2,13,14)/t10-/m0/s1. The number of hydrogen-bond donors (Lipinski definition) is 1. The molecule has 0 unspecified atom stereocenters. The van der Waals surface area contributed by atoms with Crippen LogP contribution in [0.4, 0.5) is 5.82 Å². The number of aromatic nitrogens is 1. The lowest BCUT2D eigenvalue weighted by molar-refractivity contribution is 0.175. The Hall–Kier alpha value is -1.09. The molecule has 2 N–H and O–H groups in total. The quantitative estimate of drug-likeness (QED) is 0.801. The van der Waals surface area contributed by atoms with Crippen molar-refractivity contribution in [3.05, 3.63) is 23.9 Å². The molecule has 3 heteroatoms. The van der Waals surface area contributed by atoms with Crippen LogP contribution in [-0.2, 0) is 6.54 Å². The van der Waals surface area contributed by atoms with Gasteiger partial charge in [-0.1, -0.05) is 13.0 Å². The molecule has 1 aliphatic rings. The maximum Gasteiger partial charge on any atom is 0.123 e. The minimum Gasteiger partial charge on any atom is -0.384 e. The molecule has 0 radical (unpaired) electrons. The molecular weight excluding hydrogens is 186 g/mol. The van der Waals surface area contributed by atoms with Crippen molar-refractivity contribution in [3.63, 3.8) is 0 Å². The molecule has 1 aromatic heterocycles. The molecule has 2 rings (SSSR count). The third-order valence-electron chi connectivity index (χ3n) is 2.96. The van der Waals surface area contributed by atoms with Crippen molar-refractivity contribution in [2.75, 3.05) is 18.8 Å². The first-order valence-corrected chi connectivity index (χ1v) is 5.68. The molecule has 2 heterocycles. The summed E-state index contributed by atoms with van der Waals surface area (Å²) in [5.74, 6) is 1.44. The van der Waals surface area contributed by atoms with Gasteiger partial charge in [-0.05, 0) is 37.4 Å². The number of anilines is 1. The highest BCUT2D eigenvalue weighted by Crippen LogP contribution is 2.17. The lowest BCUT2D eigenvalue weighted by Crippen LogP contribution is -2.33. The average Bonchev–Trinajstić information content (AvgIpc) is 2.17. The predicted octanol–water partition coefficient (Wildman–Crippen LogP) is 1.90. The predicted molar refractivity (Wildman–Crippen MR) is 62.3 cm³/mol. The Morgan fingerprint density at radius 1 is 1.53 bits per heavy atom. The summed E-state index contributed by atoms with van der Waals surface area (Å²) >= 11 is 0. The fraction of sp³-hybridized carbons (Fsp3) is 0.583. The number of nitrogens with zero attached hydrogens (tertiary/aromatic N) is 2. The van der Waals surface area contributed by atoms with Gasteiger partial charge in [0.2, 0.25) is 0 Å². The fourth-order valence-corrected chi connectivity index (χ4v) is 2.25. The molecule has 0 aromatic carbocycles. The van der Waals surface area contributed by atoms with Crippen molar-refractivity contribution < 1.29 is 0 Å². The monoisotopic (exact) mass is 205 g/mol. The molecule has 82 valence electrons. The van der Waals surface area contributed by atoms with Crippen molar-refractivity contribution >= 4 is 5.82 Å². The first-order chi connectivity index (χ1) is 7.24. The van der Waals surface area contributed by atoms with Gasteiger partial charge >= 0.3 is 0 Å². The van der Waals surface area contributed by atoms with Gasteiger partial charge < -0.3 is 5.73 Å². The minimum atomic E-state index is 0.623. The minimum absolute atomic E-state index is 0.623. The number of hydrogen-bond acceptors (Lipinski definition) is 3. The van der Waals surface area contributed by atoms with Crippen molar-refractivity contribution in [3.8, 4) is 0 Å². The van der Waals surface area contributed by atoms with E-state index in [0.29, 0.717) is 5.82 Å². The number of nitrogen functional groups attached to an aromatic ring is 1. The molecule has 0 bridgehead atoms. The number of pyridine rings is 1. The van der Waals surface area contributed by atoms with E-state index in [1.54, 1.807) is 0 Å². The van der Waals surface area contributed by atoms with Gasteiger partial charge in [-0.3, -0.25) is 4.90 Å². The second kappa shape index (κ2) is 4.62. The van der Waals surface area contributed by atoms with E-state index in [2.05, 4.69) is 22.9 Å². The van der Waals surface area contributed by atoms with E-state index in [1.807, 2.05) is 12.1 Å². The maximum atomic E-state index is 5.66. The second-order valence-corrected chi connectivity index (χ2v) is 4.54. The fourth-order valence-electron chi connectivity index (χ4n) is 2.25. The molecule has 1 fully saturated rings. The third kappa shape index (κ3) is 2.93. The molecular formula is C12H19N3. The highest BCUT2D eigenvalue weighted by molar-refractivity contribution is 5.28. The van der Waals surface area contributed by atoms with Crippen LogP contribution in [0.15, 0.2) is 18.2 Å². The number of rotatable bonds is 2. The average molecular weight is 205 g/mol. The maximum absolute atomic E-state index is 5.66. The van der Waals surface area contributed by atoms with Crippen LogP contribution < -0.4 is 5.73 Å². The summed E-state index contributed by atoms with van der Waals surface area (Å²) in [6, 6.07) is 5.86. The van der Waals surface area contributed by atoms with Gasteiger partial charge in [0.15, 0.2) is 0 Å². The van der Waals surface area contributed by atoms with E-state index in [0.717, 1.165) is 18.2 Å². The van der Waals surface area contributed by atoms with Crippen LogP contribution in [0, 0.1) is 5.92 Å². The number of nitrogens with two attached hydrogens (primary N) is 1. The SMILES string of the molecule is C[C@H]1CCCN(Cc2cccc(N)n2)C1. The Balaban J connectivity index is 1.96. The molecule has 1 saturated heterocycles. The summed E-state index contributed by atoms with van der Waals surface area (Å²) in [4.78, 5) is 6.80. The lowest BCUT2D eigenvalue weighted by atomic mass is 10.0. The highest BCUT2D eigenvalue weighted by Gasteiger charge is 2.16. The summed E-state index contributed by atoms with van der Waals surface area (Å²) in [5, 5.41) is 0. The second-order valence-electron chi connectivity index (χ2n) is 4.54. The normalized spacial score (nSPS) is 22.9. The summed E-state index contributed by atoms with van der Waals surface area (Å²) < 4.78 is 0. The van der Waals surface area contributed by atoms with Crippen molar-refractivity contribution in [1.29, 1.82) is 0 Å². The Morgan fingerprint density at radius 3 is 3.13 bits per heavy atom. The van der Waals surface area contributed by atoms with E-state index in [1.165, 1.54) is 25.9 Å². The molecule has 15 heavy (non-hydrogen) atoms. The zero-order valence-corrected chi connectivity index (χ0v) is 9.32. The van der Waals surface area contributed by atoms with E-state index in [4.69, 9.17) is 5.73 Å². The summed E-state index contributed by atoms with van der Waals surface area (Å²) in [5.41, 5.74) is 6.75. The van der Waals surface area contributed by atoms with Crippen LogP contribution in [0.3, 0.4) is 0 Å². The van der Waals surface area contributed by atoms with Crippen LogP contribution in [0.2, 0.25) is 0 Å². The molecule has 1 aromatic rings. The van der Waals surface area contributed by atoms with Crippen LogP contribution in [0.25, 0.3) is 0 Å². The van der Waals surface area contributed by atoms with Gasteiger partial charge in [-0.15, -0.1) is 0 Å². The molecule has 3 nitrogen and oxygen atoms in total. The largest absolute Gasteiger partial charge is 0.384 e. The van der Waals surface area contributed by atoms with E-state index >= 15 is 0 Å². The van der Waals surface area contributed by atoms with Gasteiger partial charge in [0.1, 0.15) is 5.82 Å². The number of piperidine rings is 1. The van der Waals surface area contributed by atoms with Crippen molar-refractivity contribution in [1.82, 2.24) is 9.88 Å². The molecule has 0 saturated carbocycles. The highest BCUT2D eigenvalue weighted by atomic mass is 15.1. The zero-order chi connectivity index (χ0) is 10.7. The summed E-state index contributed by atoms with van der Waals surface area (Å²) in [7, 11) is 0. The zero-order valence-electron chi connectivity index (χ0n) is 9.32. The molecule has 1 atom stereocenters. The van der Waals surface area contributed by atoms with Crippen LogP contribution in [0.1, 0.15) is 25.5 Å². The molecule has 1 aliphatic heterocycles. The summed E-state index contributed by atoms with van der Waals surface area (Å²) in [6.45, 7) is 5.64. The Bertz CT molecular complexity index is 324. The lowest BCUT2D eigenvalue weighted by Gasteiger charge is -2.30. The van der Waals surface area contributed by atoms with Gasteiger partial charge in [0, 0.05) is 13.1 Å². The number of likely N-dealkylation sites (tertiary alicyclic amines) is 1. The van der Waals surface area contributed by atoms with Crippen molar-refractivity contribution in [2.24, 2.45) is 5.92 Å². The van der Waals surface area contributed by atoms with E-state index in [-0.39, 0.29) is 0 Å². The Morgan fingerprint density at radius 2 is 2.40 bits per heavy atom.